The highest BCUT2D eigenvalue weighted by Crippen LogP contribution is 2.34. The van der Waals surface area contributed by atoms with Crippen molar-refractivity contribution in [3.05, 3.63) is 89.6 Å². The second-order valence-electron chi connectivity index (χ2n) is 6.66. The third-order valence-corrected chi connectivity index (χ3v) is 4.83. The van der Waals surface area contributed by atoms with Gasteiger partial charge in [0.2, 0.25) is 0 Å². The Hall–Kier alpha value is -3.64. The zero-order valence-corrected chi connectivity index (χ0v) is 15.3. The van der Waals surface area contributed by atoms with E-state index in [1.54, 1.807) is 0 Å². The van der Waals surface area contributed by atoms with Crippen molar-refractivity contribution < 1.29 is 0 Å². The molecule has 1 aromatic heterocycles. The van der Waals surface area contributed by atoms with E-state index in [1.165, 1.54) is 0 Å². The van der Waals surface area contributed by atoms with Gasteiger partial charge >= 0.3 is 0 Å². The van der Waals surface area contributed by atoms with E-state index in [9.17, 15) is 0 Å². The van der Waals surface area contributed by atoms with Gasteiger partial charge in [-0.2, -0.15) is 10.4 Å². The van der Waals surface area contributed by atoms with Crippen LogP contribution in [0.5, 0.6) is 0 Å². The van der Waals surface area contributed by atoms with E-state index in [1.807, 2.05) is 50.2 Å². The first kappa shape index (κ1) is 16.8. The molecule has 1 heterocycles. The molecular formula is C24H19N3. The van der Waals surface area contributed by atoms with Gasteiger partial charge < -0.3 is 0 Å². The molecule has 4 aromatic rings. The minimum Gasteiger partial charge on any atom is -0.282 e. The normalized spacial score (nSPS) is 10.6. The van der Waals surface area contributed by atoms with Crippen LogP contribution in [-0.4, -0.2) is 10.2 Å². The number of nitrogens with one attached hydrogen (secondary N) is 1. The number of H-pyrrole nitrogens is 1. The fraction of sp³-hybridized carbons (Fsp3) is 0.0833. The summed E-state index contributed by atoms with van der Waals surface area (Å²) in [5.41, 5.74) is 9.46. The fourth-order valence-electron chi connectivity index (χ4n) is 3.46. The van der Waals surface area contributed by atoms with Crippen molar-refractivity contribution in [1.29, 1.82) is 5.26 Å². The molecule has 4 rings (SSSR count). The smallest absolute Gasteiger partial charge is 0.100 e. The predicted molar refractivity (Wildman–Crippen MR) is 109 cm³/mol. The Morgan fingerprint density at radius 2 is 1.52 bits per heavy atom. The van der Waals surface area contributed by atoms with Crippen LogP contribution in [0.1, 0.15) is 16.8 Å². The van der Waals surface area contributed by atoms with E-state index in [4.69, 9.17) is 5.26 Å². The second-order valence-corrected chi connectivity index (χ2v) is 6.66. The van der Waals surface area contributed by atoms with Gasteiger partial charge in [-0.25, -0.2) is 0 Å². The molecule has 0 saturated carbocycles. The third kappa shape index (κ3) is 3.14. The van der Waals surface area contributed by atoms with Crippen LogP contribution in [0, 0.1) is 25.2 Å². The fourth-order valence-corrected chi connectivity index (χ4v) is 3.46. The summed E-state index contributed by atoms with van der Waals surface area (Å²) in [6.07, 6.45) is 0. The lowest BCUT2D eigenvalue weighted by Crippen LogP contribution is -1.87. The van der Waals surface area contributed by atoms with Crippen LogP contribution in [0.4, 0.5) is 0 Å². The molecule has 0 aliphatic carbocycles. The number of aromatic amines is 1. The van der Waals surface area contributed by atoms with Crippen LogP contribution < -0.4 is 0 Å². The van der Waals surface area contributed by atoms with Gasteiger partial charge in [0.15, 0.2) is 0 Å². The molecule has 27 heavy (non-hydrogen) atoms. The monoisotopic (exact) mass is 349 g/mol. The molecule has 3 heteroatoms. The van der Waals surface area contributed by atoms with Crippen LogP contribution in [-0.2, 0) is 0 Å². The molecule has 3 aromatic carbocycles. The maximum Gasteiger partial charge on any atom is 0.100 e. The maximum atomic E-state index is 9.05. The molecule has 3 nitrogen and oxygen atoms in total. The first-order valence-electron chi connectivity index (χ1n) is 8.89. The highest BCUT2D eigenvalue weighted by atomic mass is 15.1. The standard InChI is InChI=1S/C24H19N3/c1-16-14-18(15-25)8-13-22(16)19-9-11-20(12-10-19)23-17(2)26-27-24(23)21-6-4-3-5-7-21/h3-14H,1-2H3,(H,26,27). The van der Waals surface area contributed by atoms with Gasteiger partial charge in [0.25, 0.3) is 0 Å². The highest BCUT2D eigenvalue weighted by Gasteiger charge is 2.14. The number of nitriles is 1. The van der Waals surface area contributed by atoms with Crippen LogP contribution in [0.2, 0.25) is 0 Å². The Labute approximate surface area is 158 Å². The van der Waals surface area contributed by atoms with E-state index in [0.717, 1.165) is 44.8 Å². The number of benzene rings is 3. The van der Waals surface area contributed by atoms with E-state index in [-0.39, 0.29) is 0 Å². The van der Waals surface area contributed by atoms with Gasteiger partial charge in [-0.15, -0.1) is 0 Å². The number of rotatable bonds is 3. The highest BCUT2D eigenvalue weighted by molar-refractivity contribution is 5.83. The summed E-state index contributed by atoms with van der Waals surface area (Å²) >= 11 is 0. The Morgan fingerprint density at radius 3 is 2.19 bits per heavy atom. The van der Waals surface area contributed by atoms with Crippen LogP contribution in [0.3, 0.4) is 0 Å². The molecule has 0 fully saturated rings. The average Bonchev–Trinajstić information content (AvgIpc) is 3.10. The Balaban J connectivity index is 1.74. The summed E-state index contributed by atoms with van der Waals surface area (Å²) in [5, 5.41) is 16.7. The molecule has 0 atom stereocenters. The lowest BCUT2D eigenvalue weighted by molar-refractivity contribution is 1.05. The molecule has 0 aliphatic heterocycles. The molecule has 0 radical (unpaired) electrons. The molecule has 1 N–H and O–H groups in total. The molecule has 0 bridgehead atoms. The van der Waals surface area contributed by atoms with Crippen molar-refractivity contribution in [2.45, 2.75) is 13.8 Å². The number of hydrogen-bond acceptors (Lipinski definition) is 2. The zero-order valence-electron chi connectivity index (χ0n) is 15.3. The number of aryl methyl sites for hydroxylation is 2. The molecule has 0 spiro atoms. The second kappa shape index (κ2) is 6.93. The lowest BCUT2D eigenvalue weighted by atomic mass is 9.95. The van der Waals surface area contributed by atoms with Crippen LogP contribution >= 0.6 is 0 Å². The first-order chi connectivity index (χ1) is 13.2. The van der Waals surface area contributed by atoms with E-state index in [0.29, 0.717) is 5.56 Å². The van der Waals surface area contributed by atoms with Crippen LogP contribution in [0.15, 0.2) is 72.8 Å². The number of hydrogen-bond donors (Lipinski definition) is 1. The summed E-state index contributed by atoms with van der Waals surface area (Å²) in [6, 6.07) is 26.8. The van der Waals surface area contributed by atoms with Crippen molar-refractivity contribution in [1.82, 2.24) is 10.2 Å². The third-order valence-electron chi connectivity index (χ3n) is 4.83. The minimum atomic E-state index is 0.689. The molecule has 0 saturated heterocycles. The Kier molecular flexibility index (Phi) is 4.32. The zero-order chi connectivity index (χ0) is 18.8. The van der Waals surface area contributed by atoms with Gasteiger partial charge in [0, 0.05) is 16.8 Å². The SMILES string of the molecule is Cc1cc(C#N)ccc1-c1ccc(-c2c(-c3ccccc3)n[nH]c2C)cc1. The maximum absolute atomic E-state index is 9.05. The Morgan fingerprint density at radius 1 is 0.815 bits per heavy atom. The Bertz CT molecular complexity index is 1130. The lowest BCUT2D eigenvalue weighted by Gasteiger charge is -2.09. The largest absolute Gasteiger partial charge is 0.282 e. The van der Waals surface area contributed by atoms with E-state index < -0.39 is 0 Å². The van der Waals surface area contributed by atoms with Gasteiger partial charge in [0.05, 0.1) is 11.6 Å². The van der Waals surface area contributed by atoms with Crippen molar-refractivity contribution >= 4 is 0 Å². The predicted octanol–water partition coefficient (Wildman–Crippen LogP) is 5.90. The van der Waals surface area contributed by atoms with E-state index >= 15 is 0 Å². The molecule has 0 unspecified atom stereocenters. The van der Waals surface area contributed by atoms with Crippen molar-refractivity contribution in [2.75, 3.05) is 0 Å². The average molecular weight is 349 g/mol. The molecule has 130 valence electrons. The van der Waals surface area contributed by atoms with Crippen molar-refractivity contribution in [2.24, 2.45) is 0 Å². The van der Waals surface area contributed by atoms with Gasteiger partial charge in [-0.3, -0.25) is 5.10 Å². The summed E-state index contributed by atoms with van der Waals surface area (Å²) < 4.78 is 0. The van der Waals surface area contributed by atoms with Gasteiger partial charge in [-0.05, 0) is 48.2 Å². The van der Waals surface area contributed by atoms with Crippen molar-refractivity contribution in [3.8, 4) is 39.6 Å². The first-order valence-corrected chi connectivity index (χ1v) is 8.89. The quantitative estimate of drug-likeness (QED) is 0.500. The summed E-state index contributed by atoms with van der Waals surface area (Å²) in [6.45, 7) is 4.09. The number of aromatic nitrogens is 2. The van der Waals surface area contributed by atoms with Crippen LogP contribution in [0.25, 0.3) is 33.5 Å². The van der Waals surface area contributed by atoms with Crippen molar-refractivity contribution in [3.63, 3.8) is 0 Å². The van der Waals surface area contributed by atoms with E-state index in [2.05, 4.69) is 52.7 Å². The summed E-state index contributed by atoms with van der Waals surface area (Å²) in [5.74, 6) is 0. The van der Waals surface area contributed by atoms with Gasteiger partial charge in [0.1, 0.15) is 5.69 Å². The van der Waals surface area contributed by atoms with Gasteiger partial charge in [-0.1, -0.05) is 60.7 Å². The topological polar surface area (TPSA) is 52.5 Å². The summed E-state index contributed by atoms with van der Waals surface area (Å²) in [4.78, 5) is 0. The number of nitrogens with zero attached hydrogens (tertiary/aromatic N) is 2. The molecule has 0 amide bonds. The summed E-state index contributed by atoms with van der Waals surface area (Å²) in [7, 11) is 0. The molecule has 0 aliphatic rings. The minimum absolute atomic E-state index is 0.689. The molecular weight excluding hydrogens is 330 g/mol.